The van der Waals surface area contributed by atoms with Gasteiger partial charge in [-0.2, -0.15) is 18.2 Å². The Balaban J connectivity index is 0. The van der Waals surface area contributed by atoms with Crippen LogP contribution in [0.4, 0.5) is 5.69 Å². The maximum absolute atomic E-state index is 5.69. The van der Waals surface area contributed by atoms with Gasteiger partial charge in [-0.1, -0.05) is 12.6 Å². The molecule has 0 saturated carbocycles. The summed E-state index contributed by atoms with van der Waals surface area (Å²) in [6.45, 7) is 1.67. The van der Waals surface area contributed by atoms with Gasteiger partial charge in [0.1, 0.15) is 0 Å². The van der Waals surface area contributed by atoms with Crippen LogP contribution in [0.2, 0.25) is 0 Å². The van der Waals surface area contributed by atoms with Crippen LogP contribution in [-0.4, -0.2) is 74.5 Å². The average Bonchev–Trinajstić information content (AvgIpc) is 2.16. The van der Waals surface area contributed by atoms with Gasteiger partial charge in [0, 0.05) is 29.0 Å². The van der Waals surface area contributed by atoms with Gasteiger partial charge in [-0.05, 0) is 0 Å². The van der Waals surface area contributed by atoms with E-state index in [9.17, 15) is 0 Å². The molecule has 0 aliphatic heterocycles. The molecule has 0 aromatic heterocycles. The van der Waals surface area contributed by atoms with Gasteiger partial charge in [0.05, 0.1) is 0 Å². The van der Waals surface area contributed by atoms with Crippen molar-refractivity contribution in [1.29, 1.82) is 0 Å². The monoisotopic (exact) mass is 253 g/mol. The molecule has 14 heavy (non-hydrogen) atoms. The number of anilines is 1. The molecule has 7 heteroatoms. The molecular weight excluding hydrogens is 243 g/mol. The Kier molecular flexibility index (Phi) is 7.43. The largest absolute Gasteiger partial charge is 2.00 e. The molecule has 0 atom stereocenters. The first-order valence-corrected chi connectivity index (χ1v) is 3.98. The van der Waals surface area contributed by atoms with Gasteiger partial charge < -0.3 is 6.85 Å². The first-order chi connectivity index (χ1) is 6.19. The third-order valence-corrected chi connectivity index (χ3v) is 1.90. The van der Waals surface area contributed by atoms with Crippen LogP contribution in [-0.2, 0) is 0 Å². The number of hydrogen-bond acceptors (Lipinski definition) is 2. The number of rotatable bonds is 3. The van der Waals surface area contributed by atoms with Crippen LogP contribution >= 0.6 is 0 Å². The Morgan fingerprint density at radius 2 is 2.36 bits per heavy atom. The van der Waals surface area contributed by atoms with E-state index in [1.54, 1.807) is 6.07 Å². The van der Waals surface area contributed by atoms with E-state index in [-0.39, 0.29) is 53.4 Å². The van der Waals surface area contributed by atoms with Crippen molar-refractivity contribution in [2.75, 3.05) is 5.43 Å². The van der Waals surface area contributed by atoms with Crippen LogP contribution < -0.4 is 16.7 Å². The predicted molar refractivity (Wildman–Crippen MR) is 67.3 cm³/mol. The molecule has 1 rings (SSSR count). The fourth-order valence-electron chi connectivity index (χ4n) is 1.07. The first kappa shape index (κ1) is 14.7. The van der Waals surface area contributed by atoms with Crippen molar-refractivity contribution in [1.82, 2.24) is 0 Å². The zero-order valence-electron chi connectivity index (χ0n) is 9.25. The SMILES string of the molecule is [B][B]B([B])c1[c-]cc(NN)c(C)c1.[H-].[Sr+2]. The molecule has 0 fully saturated rings. The average molecular weight is 252 g/mol. The Bertz CT molecular complexity index is 302. The predicted octanol–water partition coefficient (Wildman–Crippen LogP) is -1.54. The minimum absolute atomic E-state index is 0. The minimum atomic E-state index is -0.273. The van der Waals surface area contributed by atoms with Crippen molar-refractivity contribution in [3.8, 4) is 0 Å². The van der Waals surface area contributed by atoms with Crippen molar-refractivity contribution in [3.63, 3.8) is 0 Å². The molecule has 2 nitrogen and oxygen atoms in total. The molecule has 0 aliphatic carbocycles. The molecule has 61 valence electrons. The Morgan fingerprint density at radius 3 is 2.79 bits per heavy atom. The summed E-state index contributed by atoms with van der Waals surface area (Å²) < 4.78 is 0. The molecule has 0 amide bonds. The maximum Gasteiger partial charge on any atom is 2.00 e. The van der Waals surface area contributed by atoms with Gasteiger partial charge in [0.15, 0.2) is 0 Å². The topological polar surface area (TPSA) is 38.0 Å². The summed E-state index contributed by atoms with van der Waals surface area (Å²) in [7, 11) is 12.4. The van der Waals surface area contributed by atoms with Gasteiger partial charge >= 0.3 is 45.5 Å². The Hall–Kier alpha value is 0.720. The summed E-state index contributed by atoms with van der Waals surface area (Å²) >= 11 is 0. The second-order valence-electron chi connectivity index (χ2n) is 2.85. The van der Waals surface area contributed by atoms with Crippen molar-refractivity contribution in [3.05, 3.63) is 23.8 Å². The Labute approximate surface area is 128 Å². The summed E-state index contributed by atoms with van der Waals surface area (Å²) in [6, 6.07) is 6.66. The van der Waals surface area contributed by atoms with Gasteiger partial charge in [-0.3, -0.25) is 5.84 Å². The zero-order chi connectivity index (χ0) is 9.84. The van der Waals surface area contributed by atoms with Crippen LogP contribution in [0.5, 0.6) is 0 Å². The second-order valence-corrected chi connectivity index (χ2v) is 2.85. The molecule has 1 aromatic carbocycles. The summed E-state index contributed by atoms with van der Waals surface area (Å²) in [6.07, 6.45) is 0. The normalized spacial score (nSPS) is 8.71. The van der Waals surface area contributed by atoms with Gasteiger partial charge in [0.25, 0.3) is 0 Å². The maximum atomic E-state index is 5.69. The number of nitrogens with one attached hydrogen (secondary N) is 1. The van der Waals surface area contributed by atoms with E-state index in [0.29, 0.717) is 0 Å². The van der Waals surface area contributed by atoms with E-state index in [1.807, 2.05) is 13.0 Å². The van der Waals surface area contributed by atoms with Crippen molar-refractivity contribution in [2.45, 2.75) is 6.92 Å². The number of nitrogens with two attached hydrogens (primary N) is 1. The standard InChI is InChI=1S/C7H8B4N2.Sr.H/c1-5-4-6(11(9)10-8)2-3-7(5)13-12;;/h3-4,13H,12H2,1H3;;/q-1;+2;-1. The molecule has 0 saturated heterocycles. The van der Waals surface area contributed by atoms with Crippen LogP contribution in [0.15, 0.2) is 12.1 Å². The van der Waals surface area contributed by atoms with E-state index in [2.05, 4.69) is 11.5 Å². The van der Waals surface area contributed by atoms with E-state index in [4.69, 9.17) is 21.3 Å². The summed E-state index contributed by atoms with van der Waals surface area (Å²) in [5, 5.41) is 0. The quantitative estimate of drug-likeness (QED) is 0.296. The zero-order valence-corrected chi connectivity index (χ0v) is 11.7. The van der Waals surface area contributed by atoms with Crippen LogP contribution in [0, 0.1) is 13.0 Å². The molecule has 0 heterocycles. The minimum Gasteiger partial charge on any atom is -1.00 e. The molecule has 1 aromatic rings. The van der Waals surface area contributed by atoms with E-state index in [1.165, 1.54) is 7.06 Å². The van der Waals surface area contributed by atoms with Crippen LogP contribution in [0.3, 0.4) is 0 Å². The number of hydrazine groups is 1. The molecule has 3 N–H and O–H groups in total. The van der Waals surface area contributed by atoms with Gasteiger partial charge in [0.2, 0.25) is 0 Å². The molecule has 5 radical (unpaired) electrons. The number of benzene rings is 1. The second kappa shape index (κ2) is 7.07. The van der Waals surface area contributed by atoms with Gasteiger partial charge in [-0.15, -0.1) is 5.56 Å². The smallest absolute Gasteiger partial charge is 1.00 e. The molecule has 0 spiro atoms. The van der Waals surface area contributed by atoms with E-state index < -0.39 is 0 Å². The Morgan fingerprint density at radius 1 is 1.71 bits per heavy atom. The van der Waals surface area contributed by atoms with E-state index in [0.717, 1.165) is 16.7 Å². The summed E-state index contributed by atoms with van der Waals surface area (Å²) in [4.78, 5) is 0. The molecular formula is C7H9B4N2Sr. The summed E-state index contributed by atoms with van der Waals surface area (Å²) in [5.74, 6) is 5.28. The fraction of sp³-hybridized carbons (Fsp3) is 0.143. The van der Waals surface area contributed by atoms with Crippen molar-refractivity contribution < 1.29 is 1.43 Å². The van der Waals surface area contributed by atoms with E-state index >= 15 is 0 Å². The number of hydrogen-bond donors (Lipinski definition) is 2. The van der Waals surface area contributed by atoms with Crippen molar-refractivity contribution >= 4 is 85.7 Å². The third-order valence-electron chi connectivity index (χ3n) is 1.90. The number of nitrogen functional groups attached to an aromatic ring is 1. The third kappa shape index (κ3) is 3.70. The van der Waals surface area contributed by atoms with Gasteiger partial charge in [-0.25, -0.2) is 5.46 Å². The first-order valence-electron chi connectivity index (χ1n) is 3.98. The van der Waals surface area contributed by atoms with Crippen molar-refractivity contribution in [2.24, 2.45) is 5.84 Å². The fourth-order valence-corrected chi connectivity index (χ4v) is 1.07. The summed E-state index contributed by atoms with van der Waals surface area (Å²) in [5.41, 5.74) is 5.29. The molecule has 0 aliphatic rings. The molecule has 0 unspecified atom stereocenters. The number of aryl methyl sites for hydroxylation is 1. The molecule has 0 bridgehead atoms. The van der Waals surface area contributed by atoms with Crippen LogP contribution in [0.25, 0.3) is 0 Å². The van der Waals surface area contributed by atoms with Crippen LogP contribution in [0.1, 0.15) is 6.99 Å².